The lowest BCUT2D eigenvalue weighted by atomic mass is 10.1. The molecule has 0 spiro atoms. The van der Waals surface area contributed by atoms with Crippen molar-refractivity contribution >= 4 is 27.3 Å². The Bertz CT molecular complexity index is 536. The van der Waals surface area contributed by atoms with Crippen molar-refractivity contribution in [3.63, 3.8) is 0 Å². The average molecular weight is 339 g/mol. The fourth-order valence-electron chi connectivity index (χ4n) is 1.94. The van der Waals surface area contributed by atoms with Crippen LogP contribution in [0.15, 0.2) is 34.1 Å². The van der Waals surface area contributed by atoms with Crippen molar-refractivity contribution in [3.8, 4) is 0 Å². The number of benzene rings is 1. The van der Waals surface area contributed by atoms with Crippen molar-refractivity contribution in [2.45, 2.75) is 32.7 Å². The van der Waals surface area contributed by atoms with Crippen molar-refractivity contribution in [2.24, 2.45) is 0 Å². The van der Waals surface area contributed by atoms with Gasteiger partial charge < -0.3 is 5.32 Å². The number of rotatable bonds is 5. The monoisotopic (exact) mass is 338 g/mol. The molecule has 1 unspecified atom stereocenters. The molecule has 4 heteroatoms. The molecule has 2 aromatic rings. The van der Waals surface area contributed by atoms with Crippen LogP contribution in [0, 0.1) is 0 Å². The maximum atomic E-state index is 4.78. The lowest BCUT2D eigenvalue weighted by molar-refractivity contribution is 0.621. The first-order valence-electron chi connectivity index (χ1n) is 6.56. The third-order valence-corrected chi connectivity index (χ3v) is 4.65. The first kappa shape index (κ1) is 14.7. The molecule has 0 fully saturated rings. The van der Waals surface area contributed by atoms with Crippen LogP contribution in [0.4, 0.5) is 0 Å². The van der Waals surface area contributed by atoms with E-state index < -0.39 is 0 Å². The molecule has 2 rings (SSSR count). The second-order valence-corrected chi connectivity index (χ2v) is 6.52. The number of hydrogen-bond donors (Lipinski definition) is 1. The lowest BCUT2D eigenvalue weighted by Crippen LogP contribution is -2.22. The zero-order valence-corrected chi connectivity index (χ0v) is 13.9. The van der Waals surface area contributed by atoms with Gasteiger partial charge in [0.05, 0.1) is 11.7 Å². The summed E-state index contributed by atoms with van der Waals surface area (Å²) >= 11 is 5.37. The summed E-state index contributed by atoms with van der Waals surface area (Å²) in [4.78, 5) is 4.78. The first-order chi connectivity index (χ1) is 9.13. The quantitative estimate of drug-likeness (QED) is 0.852. The molecule has 0 saturated carbocycles. The number of nitrogens with one attached hydrogen (secondary N) is 1. The van der Waals surface area contributed by atoms with Gasteiger partial charge in [-0.25, -0.2) is 4.98 Å². The number of halogens is 1. The fourth-order valence-corrected chi connectivity index (χ4v) is 3.53. The molecule has 0 aliphatic rings. The zero-order valence-electron chi connectivity index (χ0n) is 11.5. The van der Waals surface area contributed by atoms with Crippen LogP contribution in [0.3, 0.4) is 0 Å². The number of hydrogen-bond acceptors (Lipinski definition) is 3. The maximum absolute atomic E-state index is 4.78. The smallest absolute Gasteiger partial charge is 0.114 e. The molecule has 0 saturated heterocycles. The van der Waals surface area contributed by atoms with Gasteiger partial charge in [0, 0.05) is 9.85 Å². The van der Waals surface area contributed by atoms with Crippen LogP contribution in [0.2, 0.25) is 0 Å². The Kier molecular flexibility index (Phi) is 5.13. The van der Waals surface area contributed by atoms with Gasteiger partial charge in [-0.1, -0.05) is 54.9 Å². The average Bonchev–Trinajstić information content (AvgIpc) is 2.86. The van der Waals surface area contributed by atoms with Crippen LogP contribution < -0.4 is 5.32 Å². The highest BCUT2D eigenvalue weighted by molar-refractivity contribution is 9.10. The van der Waals surface area contributed by atoms with Gasteiger partial charge in [0.1, 0.15) is 5.01 Å². The van der Waals surface area contributed by atoms with Gasteiger partial charge in [-0.05, 0) is 24.1 Å². The van der Waals surface area contributed by atoms with Crippen LogP contribution >= 0.6 is 27.3 Å². The molecular weight excluding hydrogens is 320 g/mol. The number of aromatic nitrogens is 1. The van der Waals surface area contributed by atoms with Gasteiger partial charge in [-0.2, -0.15) is 0 Å². The van der Waals surface area contributed by atoms with Gasteiger partial charge in [-0.3, -0.25) is 0 Å². The fraction of sp³-hybridized carbons (Fsp3) is 0.400. The van der Waals surface area contributed by atoms with E-state index in [0.29, 0.717) is 5.92 Å². The van der Waals surface area contributed by atoms with Gasteiger partial charge >= 0.3 is 0 Å². The molecule has 0 amide bonds. The molecule has 0 radical (unpaired) electrons. The molecule has 19 heavy (non-hydrogen) atoms. The summed E-state index contributed by atoms with van der Waals surface area (Å²) < 4.78 is 1.13. The Hall–Kier alpha value is -0.710. The summed E-state index contributed by atoms with van der Waals surface area (Å²) in [5.41, 5.74) is 2.42. The van der Waals surface area contributed by atoms with Crippen LogP contribution in [0.1, 0.15) is 49.0 Å². The van der Waals surface area contributed by atoms with Crippen molar-refractivity contribution in [3.05, 3.63) is 50.4 Å². The third-order valence-electron chi connectivity index (χ3n) is 3.00. The standard InChI is InChI=1S/C15H19BrN2S/c1-4-17-14(11-7-5-6-8-12(11)16)15-18-13(9-19-15)10(2)3/h5-10,14,17H,4H2,1-3H3. The minimum absolute atomic E-state index is 0.165. The second kappa shape index (κ2) is 6.64. The number of nitrogens with zero attached hydrogens (tertiary/aromatic N) is 1. The summed E-state index contributed by atoms with van der Waals surface area (Å²) in [5.74, 6) is 0.478. The Balaban J connectivity index is 2.37. The van der Waals surface area contributed by atoms with Crippen molar-refractivity contribution in [1.29, 1.82) is 0 Å². The second-order valence-electron chi connectivity index (χ2n) is 4.78. The summed E-state index contributed by atoms with van der Waals surface area (Å²) in [6.45, 7) is 7.41. The van der Waals surface area contributed by atoms with E-state index in [1.54, 1.807) is 11.3 Å². The molecule has 0 bridgehead atoms. The Labute approximate surface area is 127 Å². The van der Waals surface area contributed by atoms with Gasteiger partial charge in [0.25, 0.3) is 0 Å². The van der Waals surface area contributed by atoms with E-state index >= 15 is 0 Å². The molecular formula is C15H19BrN2S. The molecule has 1 N–H and O–H groups in total. The maximum Gasteiger partial charge on any atom is 0.114 e. The predicted molar refractivity (Wildman–Crippen MR) is 85.9 cm³/mol. The normalized spacial score (nSPS) is 12.9. The first-order valence-corrected chi connectivity index (χ1v) is 8.23. The molecule has 102 valence electrons. The van der Waals surface area contributed by atoms with Crippen LogP contribution in [0.5, 0.6) is 0 Å². The van der Waals surface area contributed by atoms with Gasteiger partial charge in [-0.15, -0.1) is 11.3 Å². The van der Waals surface area contributed by atoms with Gasteiger partial charge in [0.15, 0.2) is 0 Å². The molecule has 1 heterocycles. The Morgan fingerprint density at radius 2 is 2.05 bits per heavy atom. The van der Waals surface area contributed by atoms with Crippen molar-refractivity contribution in [1.82, 2.24) is 10.3 Å². The molecule has 1 aromatic carbocycles. The van der Waals surface area contributed by atoms with Crippen molar-refractivity contribution in [2.75, 3.05) is 6.54 Å². The highest BCUT2D eigenvalue weighted by atomic mass is 79.9. The van der Waals surface area contributed by atoms with Crippen molar-refractivity contribution < 1.29 is 0 Å². The largest absolute Gasteiger partial charge is 0.305 e. The SMILES string of the molecule is CCNC(c1nc(C(C)C)cs1)c1ccccc1Br. The van der Waals surface area contributed by atoms with Crippen LogP contribution in [0.25, 0.3) is 0 Å². The molecule has 2 nitrogen and oxygen atoms in total. The zero-order chi connectivity index (χ0) is 13.8. The topological polar surface area (TPSA) is 24.9 Å². The van der Waals surface area contributed by atoms with E-state index in [-0.39, 0.29) is 6.04 Å². The highest BCUT2D eigenvalue weighted by Gasteiger charge is 2.19. The summed E-state index contributed by atoms with van der Waals surface area (Å²) in [7, 11) is 0. The molecule has 0 aliphatic heterocycles. The van der Waals surface area contributed by atoms with E-state index in [4.69, 9.17) is 4.98 Å². The minimum Gasteiger partial charge on any atom is -0.305 e. The molecule has 0 aliphatic carbocycles. The van der Waals surface area contributed by atoms with E-state index in [1.165, 1.54) is 11.3 Å². The van der Waals surface area contributed by atoms with E-state index in [2.05, 4.69) is 65.6 Å². The van der Waals surface area contributed by atoms with E-state index in [1.807, 2.05) is 6.07 Å². The molecule has 1 aromatic heterocycles. The van der Waals surface area contributed by atoms with Crippen LogP contribution in [-0.2, 0) is 0 Å². The number of thiazole rings is 1. The summed E-state index contributed by atoms with van der Waals surface area (Å²) in [6.07, 6.45) is 0. The third kappa shape index (κ3) is 3.44. The Morgan fingerprint density at radius 1 is 1.32 bits per heavy atom. The van der Waals surface area contributed by atoms with E-state index in [9.17, 15) is 0 Å². The highest BCUT2D eigenvalue weighted by Crippen LogP contribution is 2.31. The van der Waals surface area contributed by atoms with Gasteiger partial charge in [0.2, 0.25) is 0 Å². The lowest BCUT2D eigenvalue weighted by Gasteiger charge is -2.17. The molecule has 1 atom stereocenters. The Morgan fingerprint density at radius 3 is 2.63 bits per heavy atom. The van der Waals surface area contributed by atoms with Crippen LogP contribution in [-0.4, -0.2) is 11.5 Å². The predicted octanol–water partition coefficient (Wildman–Crippen LogP) is 4.73. The summed E-state index contributed by atoms with van der Waals surface area (Å²) in [5, 5.41) is 6.83. The van der Waals surface area contributed by atoms with E-state index in [0.717, 1.165) is 16.0 Å². The summed E-state index contributed by atoms with van der Waals surface area (Å²) in [6, 6.07) is 8.50. The minimum atomic E-state index is 0.165.